The maximum atomic E-state index is 12.9. The van der Waals surface area contributed by atoms with E-state index in [2.05, 4.69) is 33.1 Å². The lowest BCUT2D eigenvalue weighted by molar-refractivity contribution is -0.141. The summed E-state index contributed by atoms with van der Waals surface area (Å²) in [6.07, 6.45) is 0. The van der Waals surface area contributed by atoms with E-state index in [1.54, 1.807) is 36.4 Å². The van der Waals surface area contributed by atoms with Crippen molar-refractivity contribution in [1.29, 1.82) is 0 Å². The first kappa shape index (κ1) is 16.4. The number of hydrogen-bond donors (Lipinski definition) is 2. The molecular formula is C16H12IN3O4. The lowest BCUT2D eigenvalue weighted by Gasteiger charge is -2.14. The van der Waals surface area contributed by atoms with Gasteiger partial charge in [0.25, 0.3) is 5.56 Å². The van der Waals surface area contributed by atoms with Gasteiger partial charge in [0, 0.05) is 3.57 Å². The number of aromatic nitrogens is 2. The summed E-state index contributed by atoms with van der Waals surface area (Å²) in [7, 11) is 0. The van der Waals surface area contributed by atoms with Crippen LogP contribution in [-0.4, -0.2) is 27.2 Å². The number of anilines is 1. The molecule has 24 heavy (non-hydrogen) atoms. The van der Waals surface area contributed by atoms with Crippen molar-refractivity contribution in [3.63, 3.8) is 0 Å². The van der Waals surface area contributed by atoms with Crippen LogP contribution in [0.3, 0.4) is 0 Å². The molecule has 0 aliphatic heterocycles. The molecule has 122 valence electrons. The average molecular weight is 437 g/mol. The number of nitrogens with one attached hydrogen (secondary N) is 1. The lowest BCUT2D eigenvalue weighted by Crippen LogP contribution is -2.25. The lowest BCUT2D eigenvalue weighted by atomic mass is 10.2. The summed E-state index contributed by atoms with van der Waals surface area (Å²) in [6.45, 7) is -0.560. The maximum absolute atomic E-state index is 12.9. The normalized spacial score (nSPS) is 10.7. The molecule has 0 bridgehead atoms. The van der Waals surface area contributed by atoms with Crippen LogP contribution in [0.1, 0.15) is 0 Å². The molecule has 1 aromatic heterocycles. The van der Waals surface area contributed by atoms with E-state index in [1.165, 1.54) is 4.57 Å². The Hall–Kier alpha value is -2.46. The van der Waals surface area contributed by atoms with Gasteiger partial charge >= 0.3 is 5.97 Å². The third kappa shape index (κ3) is 3.39. The van der Waals surface area contributed by atoms with Gasteiger partial charge in [-0.15, -0.1) is 0 Å². The van der Waals surface area contributed by atoms with Crippen LogP contribution < -0.4 is 11.0 Å². The number of halogens is 1. The standard InChI is InChI=1S/C16H12IN3O4/c17-10-6-7-13-12(8-10)15(23)20(11-4-2-1-3-5-11)16(18-13)19-24-9-14(21)22/h1-8H,9H2,(H,18,19)(H,21,22). The van der Waals surface area contributed by atoms with Crippen molar-refractivity contribution in [3.05, 3.63) is 62.5 Å². The van der Waals surface area contributed by atoms with Crippen molar-refractivity contribution in [2.24, 2.45) is 0 Å². The molecule has 0 aliphatic carbocycles. The summed E-state index contributed by atoms with van der Waals surface area (Å²) in [6, 6.07) is 14.3. The summed E-state index contributed by atoms with van der Waals surface area (Å²) in [5.74, 6) is -1.02. The molecule has 3 aromatic rings. The van der Waals surface area contributed by atoms with Crippen molar-refractivity contribution in [2.75, 3.05) is 12.1 Å². The van der Waals surface area contributed by atoms with Crippen molar-refractivity contribution in [2.45, 2.75) is 0 Å². The van der Waals surface area contributed by atoms with Gasteiger partial charge in [-0.25, -0.2) is 19.8 Å². The van der Waals surface area contributed by atoms with Crippen LogP contribution in [-0.2, 0) is 9.63 Å². The molecule has 0 fully saturated rings. The zero-order valence-corrected chi connectivity index (χ0v) is 14.4. The number of hydrogen-bond acceptors (Lipinski definition) is 5. The molecule has 0 aliphatic rings. The summed E-state index contributed by atoms with van der Waals surface area (Å²) in [4.78, 5) is 32.8. The minimum Gasteiger partial charge on any atom is -0.479 e. The summed E-state index contributed by atoms with van der Waals surface area (Å²) in [5, 5.41) is 9.15. The molecule has 7 nitrogen and oxygen atoms in total. The number of fused-ring (bicyclic) bond motifs is 1. The van der Waals surface area contributed by atoms with Gasteiger partial charge in [0.05, 0.1) is 16.6 Å². The highest BCUT2D eigenvalue weighted by atomic mass is 127. The van der Waals surface area contributed by atoms with E-state index in [9.17, 15) is 9.59 Å². The van der Waals surface area contributed by atoms with E-state index in [4.69, 9.17) is 9.94 Å². The van der Waals surface area contributed by atoms with Gasteiger partial charge in [0.1, 0.15) is 0 Å². The van der Waals surface area contributed by atoms with Crippen LogP contribution in [0.4, 0.5) is 5.95 Å². The Balaban J connectivity index is 2.18. The molecule has 8 heteroatoms. The molecule has 1 heterocycles. The highest BCUT2D eigenvalue weighted by Gasteiger charge is 2.13. The molecule has 3 rings (SSSR count). The number of carboxylic acids is 1. The zero-order chi connectivity index (χ0) is 17.1. The molecule has 0 radical (unpaired) electrons. The Morgan fingerprint density at radius 1 is 1.25 bits per heavy atom. The van der Waals surface area contributed by atoms with Crippen molar-refractivity contribution >= 4 is 45.4 Å². The predicted octanol–water partition coefficient (Wildman–Crippen LogP) is 2.42. The van der Waals surface area contributed by atoms with Crippen LogP contribution in [0.15, 0.2) is 53.3 Å². The molecule has 2 aromatic carbocycles. The van der Waals surface area contributed by atoms with Crippen LogP contribution in [0, 0.1) is 3.57 Å². The van der Waals surface area contributed by atoms with Gasteiger partial charge in [0.15, 0.2) is 6.61 Å². The van der Waals surface area contributed by atoms with Crippen LogP contribution in [0.25, 0.3) is 16.6 Å². The molecule has 0 atom stereocenters. The fourth-order valence-corrected chi connectivity index (χ4v) is 2.70. The van der Waals surface area contributed by atoms with Gasteiger partial charge in [-0.1, -0.05) is 18.2 Å². The largest absolute Gasteiger partial charge is 0.479 e. The number of carbonyl (C=O) groups is 1. The monoisotopic (exact) mass is 437 g/mol. The highest BCUT2D eigenvalue weighted by Crippen LogP contribution is 2.18. The summed E-state index contributed by atoms with van der Waals surface area (Å²) < 4.78 is 2.27. The van der Waals surface area contributed by atoms with E-state index >= 15 is 0 Å². The topological polar surface area (TPSA) is 93.5 Å². The fourth-order valence-electron chi connectivity index (χ4n) is 2.21. The summed E-state index contributed by atoms with van der Waals surface area (Å²) >= 11 is 2.13. The molecule has 0 saturated heterocycles. The molecule has 0 unspecified atom stereocenters. The number of nitrogens with zero attached hydrogens (tertiary/aromatic N) is 2. The second-order valence-corrected chi connectivity index (χ2v) is 6.10. The SMILES string of the molecule is O=C(O)CONc1nc2ccc(I)cc2c(=O)n1-c1ccccc1. The van der Waals surface area contributed by atoms with Crippen LogP contribution in [0.5, 0.6) is 0 Å². The molecular weight excluding hydrogens is 425 g/mol. The average Bonchev–Trinajstić information content (AvgIpc) is 2.56. The first-order valence-corrected chi connectivity index (χ1v) is 8.01. The van der Waals surface area contributed by atoms with Gasteiger partial charge in [-0.3, -0.25) is 9.63 Å². The third-order valence-electron chi connectivity index (χ3n) is 3.20. The highest BCUT2D eigenvalue weighted by molar-refractivity contribution is 14.1. The Labute approximate surface area is 150 Å². The second-order valence-electron chi connectivity index (χ2n) is 4.86. The molecule has 0 amide bonds. The van der Waals surface area contributed by atoms with E-state index in [1.807, 2.05) is 12.1 Å². The van der Waals surface area contributed by atoms with Gasteiger partial charge in [-0.2, -0.15) is 0 Å². The van der Waals surface area contributed by atoms with Crippen LogP contribution >= 0.6 is 22.6 Å². The van der Waals surface area contributed by atoms with E-state index < -0.39 is 12.6 Å². The predicted molar refractivity (Wildman–Crippen MR) is 97.3 cm³/mol. The maximum Gasteiger partial charge on any atom is 0.332 e. The van der Waals surface area contributed by atoms with Gasteiger partial charge in [0.2, 0.25) is 5.95 Å². The molecule has 0 saturated carbocycles. The second kappa shape index (κ2) is 6.97. The van der Waals surface area contributed by atoms with E-state index in [0.29, 0.717) is 16.6 Å². The Bertz CT molecular complexity index is 957. The van der Waals surface area contributed by atoms with Crippen molar-refractivity contribution < 1.29 is 14.7 Å². The van der Waals surface area contributed by atoms with Gasteiger partial charge in [-0.05, 0) is 52.9 Å². The Kier molecular flexibility index (Phi) is 4.76. The van der Waals surface area contributed by atoms with E-state index in [0.717, 1.165) is 3.57 Å². The number of aliphatic carboxylic acids is 1. The Morgan fingerprint density at radius 3 is 2.71 bits per heavy atom. The number of rotatable bonds is 5. The van der Waals surface area contributed by atoms with E-state index in [-0.39, 0.29) is 11.5 Å². The minimum absolute atomic E-state index is 0.112. The summed E-state index contributed by atoms with van der Waals surface area (Å²) in [5.41, 5.74) is 3.28. The number of benzene rings is 2. The molecule has 2 N–H and O–H groups in total. The first-order chi connectivity index (χ1) is 11.6. The van der Waals surface area contributed by atoms with Crippen LogP contribution in [0.2, 0.25) is 0 Å². The fraction of sp³-hybridized carbons (Fsp3) is 0.0625. The number of para-hydroxylation sites is 1. The van der Waals surface area contributed by atoms with Crippen molar-refractivity contribution in [3.8, 4) is 5.69 Å². The first-order valence-electron chi connectivity index (χ1n) is 6.93. The number of carboxylic acid groups (broad SMARTS) is 1. The third-order valence-corrected chi connectivity index (χ3v) is 3.87. The van der Waals surface area contributed by atoms with Gasteiger partial charge < -0.3 is 5.11 Å². The smallest absolute Gasteiger partial charge is 0.332 e. The Morgan fingerprint density at radius 2 is 2.00 bits per heavy atom. The quantitative estimate of drug-likeness (QED) is 0.471. The van der Waals surface area contributed by atoms with Crippen molar-refractivity contribution in [1.82, 2.24) is 9.55 Å². The molecule has 0 spiro atoms. The zero-order valence-electron chi connectivity index (χ0n) is 12.3. The minimum atomic E-state index is -1.13.